The third kappa shape index (κ3) is 16.5. The molecule has 0 saturated carbocycles. The minimum Gasteiger partial charge on any atom is -0.481 e. The molecule has 37 heavy (non-hydrogen) atoms. The van der Waals surface area contributed by atoms with Gasteiger partial charge in [-0.15, -0.1) is 0 Å². The first kappa shape index (κ1) is 33.0. The topological polar surface area (TPSA) is 110 Å². The van der Waals surface area contributed by atoms with Crippen LogP contribution in [0.2, 0.25) is 0 Å². The smallest absolute Gasteiger partial charge is 0.303 e. The van der Waals surface area contributed by atoms with E-state index in [9.17, 15) is 20.1 Å². The van der Waals surface area contributed by atoms with Gasteiger partial charge in [0.1, 0.15) is 0 Å². The zero-order valence-corrected chi connectivity index (χ0v) is 23.1. The molecule has 6 nitrogen and oxygen atoms in total. The molecule has 0 amide bonds. The summed E-state index contributed by atoms with van der Waals surface area (Å²) < 4.78 is 0. The number of aliphatic hydroxyl groups excluding tert-OH is 3. The van der Waals surface area contributed by atoms with Crippen LogP contribution in [0.5, 0.6) is 0 Å². The first-order chi connectivity index (χ1) is 17.9. The van der Waals surface area contributed by atoms with Gasteiger partial charge in [0.25, 0.3) is 0 Å². The Morgan fingerprint density at radius 2 is 1.68 bits per heavy atom. The number of benzene rings is 1. The summed E-state index contributed by atoms with van der Waals surface area (Å²) in [5, 5.41) is 42.7. The largest absolute Gasteiger partial charge is 0.481 e. The summed E-state index contributed by atoms with van der Waals surface area (Å²) in [4.78, 5) is 11.0. The zero-order valence-electron chi connectivity index (χ0n) is 23.1. The fourth-order valence-corrected chi connectivity index (χ4v) is 4.64. The maximum Gasteiger partial charge on any atom is 0.303 e. The van der Waals surface area contributed by atoms with Crippen LogP contribution < -0.4 is 5.32 Å². The number of nitrogens with one attached hydrogen (secondary N) is 1. The molecule has 5 N–H and O–H groups in total. The minimum absolute atomic E-state index is 0.167. The molecule has 0 fully saturated rings. The van der Waals surface area contributed by atoms with Gasteiger partial charge in [-0.25, -0.2) is 0 Å². The van der Waals surface area contributed by atoms with Crippen molar-refractivity contribution in [3.63, 3.8) is 0 Å². The van der Waals surface area contributed by atoms with E-state index < -0.39 is 18.2 Å². The summed E-state index contributed by atoms with van der Waals surface area (Å²) >= 11 is 0. The van der Waals surface area contributed by atoms with E-state index in [1.165, 1.54) is 5.56 Å². The second-order valence-corrected chi connectivity index (χ2v) is 10.0. The third-order valence-electron chi connectivity index (χ3n) is 6.78. The molecular weight excluding hydrogens is 466 g/mol. The Labute approximate surface area is 224 Å². The second kappa shape index (κ2) is 21.0. The second-order valence-electron chi connectivity index (χ2n) is 10.0. The first-order valence-corrected chi connectivity index (χ1v) is 14.2. The van der Waals surface area contributed by atoms with Gasteiger partial charge in [0, 0.05) is 12.5 Å². The van der Waals surface area contributed by atoms with Gasteiger partial charge in [0.15, 0.2) is 0 Å². The Morgan fingerprint density at radius 3 is 2.32 bits per heavy atom. The highest BCUT2D eigenvalue weighted by atomic mass is 16.4. The van der Waals surface area contributed by atoms with E-state index in [4.69, 9.17) is 5.11 Å². The SMILES string of the molecule is CCCCC[C@H](O)C=CC(CCc1ccccc1)=C(CCCC[C@H](CCC(=O)O)NCC)C[C@H](O)CO. The van der Waals surface area contributed by atoms with Crippen molar-refractivity contribution in [2.45, 2.75) is 116 Å². The molecule has 0 radical (unpaired) electrons. The normalized spacial score (nSPS) is 14.9. The summed E-state index contributed by atoms with van der Waals surface area (Å²) in [6.45, 7) is 4.72. The van der Waals surface area contributed by atoms with Crippen LogP contribution in [-0.2, 0) is 11.2 Å². The molecular formula is C31H51NO5. The van der Waals surface area contributed by atoms with Crippen molar-refractivity contribution in [2.75, 3.05) is 13.2 Å². The predicted octanol–water partition coefficient (Wildman–Crippen LogP) is 5.56. The van der Waals surface area contributed by atoms with Gasteiger partial charge in [0.2, 0.25) is 0 Å². The highest BCUT2D eigenvalue weighted by Gasteiger charge is 2.14. The Kier molecular flexibility index (Phi) is 18.8. The number of hydrogen-bond acceptors (Lipinski definition) is 5. The zero-order chi connectivity index (χ0) is 27.3. The number of unbranched alkanes of at least 4 members (excludes halogenated alkanes) is 3. The van der Waals surface area contributed by atoms with Crippen LogP contribution in [0.1, 0.15) is 96.5 Å². The summed E-state index contributed by atoms with van der Waals surface area (Å²) in [6, 6.07) is 10.5. The number of carbonyl (C=O) groups is 1. The van der Waals surface area contributed by atoms with Gasteiger partial charge in [-0.2, -0.15) is 0 Å². The van der Waals surface area contributed by atoms with Gasteiger partial charge in [-0.05, 0) is 69.0 Å². The van der Waals surface area contributed by atoms with E-state index >= 15 is 0 Å². The number of hydrogen-bond donors (Lipinski definition) is 5. The molecule has 0 aliphatic rings. The Morgan fingerprint density at radius 1 is 0.946 bits per heavy atom. The van der Waals surface area contributed by atoms with Crippen LogP contribution in [0, 0.1) is 0 Å². The molecule has 0 unspecified atom stereocenters. The molecule has 210 valence electrons. The quantitative estimate of drug-likeness (QED) is 0.102. The van der Waals surface area contributed by atoms with Crippen molar-refractivity contribution in [3.8, 4) is 0 Å². The van der Waals surface area contributed by atoms with Crippen molar-refractivity contribution in [1.82, 2.24) is 5.32 Å². The average Bonchev–Trinajstić information content (AvgIpc) is 2.89. The molecule has 0 aliphatic carbocycles. The maximum atomic E-state index is 11.0. The van der Waals surface area contributed by atoms with Crippen molar-refractivity contribution in [3.05, 3.63) is 59.2 Å². The molecule has 0 heterocycles. The van der Waals surface area contributed by atoms with Crippen LogP contribution in [0.25, 0.3) is 0 Å². The molecule has 1 rings (SSSR count). The molecule has 0 bridgehead atoms. The monoisotopic (exact) mass is 517 g/mol. The predicted molar refractivity (Wildman–Crippen MR) is 152 cm³/mol. The number of rotatable bonds is 22. The summed E-state index contributed by atoms with van der Waals surface area (Å²) in [5.41, 5.74) is 3.49. The van der Waals surface area contributed by atoms with E-state index in [1.807, 2.05) is 37.3 Å². The standard InChI is InChI=1S/C31H51NO5/c1-3-5-7-16-29(34)21-19-26(18-17-25-12-8-6-9-13-25)27(23-30(35)24-33)14-10-11-15-28(32-4-2)20-22-31(36)37/h6,8-9,12-13,19,21,28-30,32-35H,3-5,7,10-11,14-18,20,22-24H2,1-2H3,(H,36,37)/t28-,29+,30+/m1/s1. The van der Waals surface area contributed by atoms with E-state index in [2.05, 4.69) is 24.4 Å². The Bertz CT molecular complexity index is 777. The fraction of sp³-hybridized carbons (Fsp3) is 0.645. The molecule has 0 saturated heterocycles. The highest BCUT2D eigenvalue weighted by molar-refractivity contribution is 5.66. The van der Waals surface area contributed by atoms with Gasteiger partial charge in [0.05, 0.1) is 18.8 Å². The van der Waals surface area contributed by atoms with Gasteiger partial charge in [-0.1, -0.05) is 87.6 Å². The third-order valence-corrected chi connectivity index (χ3v) is 6.78. The van der Waals surface area contributed by atoms with Gasteiger partial charge < -0.3 is 25.7 Å². The number of aliphatic hydroxyl groups is 3. The molecule has 1 aromatic rings. The molecule has 0 aliphatic heterocycles. The van der Waals surface area contributed by atoms with Crippen LogP contribution in [-0.4, -0.2) is 57.8 Å². The number of allylic oxidation sites excluding steroid dienone is 2. The van der Waals surface area contributed by atoms with E-state index in [1.54, 1.807) is 0 Å². The number of carboxylic acids is 1. The summed E-state index contributed by atoms with van der Waals surface area (Å²) in [6.07, 6.45) is 13.0. The number of carboxylic acid groups (broad SMARTS) is 1. The highest BCUT2D eigenvalue weighted by Crippen LogP contribution is 2.25. The lowest BCUT2D eigenvalue weighted by Crippen LogP contribution is -2.29. The lowest BCUT2D eigenvalue weighted by atomic mass is 9.91. The first-order valence-electron chi connectivity index (χ1n) is 14.2. The lowest BCUT2D eigenvalue weighted by molar-refractivity contribution is -0.137. The average molecular weight is 518 g/mol. The Hall–Kier alpha value is -1.99. The summed E-state index contributed by atoms with van der Waals surface area (Å²) in [7, 11) is 0. The lowest BCUT2D eigenvalue weighted by Gasteiger charge is -2.19. The van der Waals surface area contributed by atoms with Crippen molar-refractivity contribution < 1.29 is 25.2 Å². The van der Waals surface area contributed by atoms with Crippen molar-refractivity contribution >= 4 is 5.97 Å². The molecule has 6 heteroatoms. The number of aliphatic carboxylic acids is 1. The minimum atomic E-state index is -0.810. The van der Waals surface area contributed by atoms with E-state index in [-0.39, 0.29) is 19.1 Å². The van der Waals surface area contributed by atoms with Gasteiger partial charge >= 0.3 is 5.97 Å². The molecule has 0 spiro atoms. The van der Waals surface area contributed by atoms with E-state index in [0.29, 0.717) is 12.8 Å². The van der Waals surface area contributed by atoms with Crippen LogP contribution >= 0.6 is 0 Å². The van der Waals surface area contributed by atoms with E-state index in [0.717, 1.165) is 81.9 Å². The molecule has 1 aromatic carbocycles. The summed E-state index contributed by atoms with van der Waals surface area (Å²) in [5.74, 6) is -0.766. The van der Waals surface area contributed by atoms with Gasteiger partial charge in [-0.3, -0.25) is 4.79 Å². The van der Waals surface area contributed by atoms with Crippen LogP contribution in [0.15, 0.2) is 53.6 Å². The van der Waals surface area contributed by atoms with Crippen LogP contribution in [0.4, 0.5) is 0 Å². The van der Waals surface area contributed by atoms with Crippen molar-refractivity contribution in [1.29, 1.82) is 0 Å². The Balaban J connectivity index is 2.98. The van der Waals surface area contributed by atoms with Crippen molar-refractivity contribution in [2.24, 2.45) is 0 Å². The molecule has 3 atom stereocenters. The maximum absolute atomic E-state index is 11.0. The molecule has 0 aromatic heterocycles. The fourth-order valence-electron chi connectivity index (χ4n) is 4.64. The number of aryl methyl sites for hydroxylation is 1. The van der Waals surface area contributed by atoms with Crippen LogP contribution in [0.3, 0.4) is 0 Å².